The molecule has 2 aromatic carbocycles. The summed E-state index contributed by atoms with van der Waals surface area (Å²) in [4.78, 5) is 17.1. The summed E-state index contributed by atoms with van der Waals surface area (Å²) in [6.07, 6.45) is 0. The molecule has 3 rings (SSSR count). The van der Waals surface area contributed by atoms with Crippen molar-refractivity contribution in [1.29, 1.82) is 0 Å². The number of ether oxygens (including phenoxy) is 1. The monoisotopic (exact) mass is 367 g/mol. The average Bonchev–Trinajstić information content (AvgIpc) is 2.72. The molecular weight excluding hydrogens is 338 g/mol. The summed E-state index contributed by atoms with van der Waals surface area (Å²) in [7, 11) is 1.70. The second kappa shape index (κ2) is 8.91. The summed E-state index contributed by atoms with van der Waals surface area (Å²) in [6.45, 7) is 8.11. The molecule has 27 heavy (non-hydrogen) atoms. The molecule has 1 atom stereocenters. The van der Waals surface area contributed by atoms with E-state index >= 15 is 0 Å². The normalized spacial score (nSPS) is 16.0. The smallest absolute Gasteiger partial charge is 0.237 e. The molecule has 0 radical (unpaired) electrons. The molecule has 1 aliphatic heterocycles. The number of carbonyl (C=O) groups is 1. The van der Waals surface area contributed by atoms with Crippen molar-refractivity contribution in [3.05, 3.63) is 59.7 Å². The summed E-state index contributed by atoms with van der Waals surface area (Å²) in [5.74, 6) is 0.983. The van der Waals surface area contributed by atoms with Crippen molar-refractivity contribution < 1.29 is 9.53 Å². The number of benzene rings is 2. The van der Waals surface area contributed by atoms with Gasteiger partial charge in [-0.15, -0.1) is 0 Å². The third-order valence-electron chi connectivity index (χ3n) is 5.25. The maximum atomic E-state index is 12.5. The van der Waals surface area contributed by atoms with Crippen LogP contribution in [-0.2, 0) is 11.3 Å². The van der Waals surface area contributed by atoms with Gasteiger partial charge in [-0.1, -0.05) is 42.0 Å². The quantitative estimate of drug-likeness (QED) is 0.853. The van der Waals surface area contributed by atoms with Crippen LogP contribution in [0.15, 0.2) is 48.5 Å². The van der Waals surface area contributed by atoms with E-state index in [-0.39, 0.29) is 11.9 Å². The predicted octanol–water partition coefficient (Wildman–Crippen LogP) is 2.83. The number of hydrogen-bond donors (Lipinski definition) is 1. The highest BCUT2D eigenvalue weighted by Gasteiger charge is 2.26. The number of hydrogen-bond acceptors (Lipinski definition) is 4. The molecule has 1 N–H and O–H groups in total. The second-order valence-corrected chi connectivity index (χ2v) is 7.07. The number of nitrogens with zero attached hydrogens (tertiary/aromatic N) is 2. The molecule has 0 bridgehead atoms. The molecule has 0 aliphatic carbocycles. The van der Waals surface area contributed by atoms with E-state index in [9.17, 15) is 4.79 Å². The lowest BCUT2D eigenvalue weighted by Crippen LogP contribution is -2.53. The van der Waals surface area contributed by atoms with Gasteiger partial charge in [-0.05, 0) is 31.5 Å². The van der Waals surface area contributed by atoms with E-state index in [0.29, 0.717) is 6.54 Å². The standard InChI is InChI=1S/C22H29N3O2/c1-17-8-10-19(11-9-17)16-23-22(26)18(2)24-12-14-25(15-13-24)20-6-4-5-7-21(20)27-3/h4-11,18H,12-16H2,1-3H3,(H,23,26)/t18-/m1/s1. The van der Waals surface area contributed by atoms with Gasteiger partial charge in [-0.3, -0.25) is 9.69 Å². The molecular formula is C22H29N3O2. The lowest BCUT2D eigenvalue weighted by atomic mass is 10.1. The SMILES string of the molecule is COc1ccccc1N1CCN([C@H](C)C(=O)NCc2ccc(C)cc2)CC1. The molecule has 1 heterocycles. The summed E-state index contributed by atoms with van der Waals surface area (Å²) in [5.41, 5.74) is 3.48. The van der Waals surface area contributed by atoms with Crippen molar-refractivity contribution in [2.24, 2.45) is 0 Å². The first-order valence-corrected chi connectivity index (χ1v) is 9.54. The van der Waals surface area contributed by atoms with E-state index in [1.54, 1.807) is 7.11 Å². The van der Waals surface area contributed by atoms with Gasteiger partial charge >= 0.3 is 0 Å². The Balaban J connectivity index is 1.51. The zero-order chi connectivity index (χ0) is 19.2. The Labute approximate surface area is 161 Å². The van der Waals surface area contributed by atoms with Crippen molar-refractivity contribution in [2.75, 3.05) is 38.2 Å². The highest BCUT2D eigenvalue weighted by atomic mass is 16.5. The Bertz CT molecular complexity index is 752. The van der Waals surface area contributed by atoms with E-state index in [1.165, 1.54) is 5.56 Å². The number of methoxy groups -OCH3 is 1. The van der Waals surface area contributed by atoms with Crippen molar-refractivity contribution in [1.82, 2.24) is 10.2 Å². The van der Waals surface area contributed by atoms with Crippen molar-refractivity contribution in [2.45, 2.75) is 26.4 Å². The zero-order valence-corrected chi connectivity index (χ0v) is 16.4. The Hall–Kier alpha value is -2.53. The average molecular weight is 367 g/mol. The number of aryl methyl sites for hydroxylation is 1. The highest BCUT2D eigenvalue weighted by Crippen LogP contribution is 2.28. The predicted molar refractivity (Wildman–Crippen MR) is 109 cm³/mol. The lowest BCUT2D eigenvalue weighted by Gasteiger charge is -2.38. The Morgan fingerprint density at radius 2 is 1.74 bits per heavy atom. The van der Waals surface area contributed by atoms with E-state index < -0.39 is 0 Å². The van der Waals surface area contributed by atoms with Gasteiger partial charge in [0.1, 0.15) is 5.75 Å². The molecule has 0 saturated carbocycles. The van der Waals surface area contributed by atoms with Crippen LogP contribution in [0.1, 0.15) is 18.1 Å². The van der Waals surface area contributed by atoms with Crippen molar-refractivity contribution in [3.8, 4) is 5.75 Å². The third-order valence-corrected chi connectivity index (χ3v) is 5.25. The van der Waals surface area contributed by atoms with E-state index in [0.717, 1.165) is 43.2 Å². The third kappa shape index (κ3) is 4.80. The molecule has 5 nitrogen and oxygen atoms in total. The molecule has 5 heteroatoms. The molecule has 1 saturated heterocycles. The second-order valence-electron chi connectivity index (χ2n) is 7.07. The van der Waals surface area contributed by atoms with Crippen LogP contribution in [0, 0.1) is 6.92 Å². The van der Waals surface area contributed by atoms with Crippen LogP contribution < -0.4 is 15.0 Å². The van der Waals surface area contributed by atoms with Crippen LogP contribution in [0.5, 0.6) is 5.75 Å². The largest absolute Gasteiger partial charge is 0.495 e. The van der Waals surface area contributed by atoms with Crippen LogP contribution in [0.2, 0.25) is 0 Å². The molecule has 1 fully saturated rings. The Kier molecular flexibility index (Phi) is 6.35. The van der Waals surface area contributed by atoms with Gasteiger partial charge in [0.25, 0.3) is 0 Å². The molecule has 0 spiro atoms. The summed E-state index contributed by atoms with van der Waals surface area (Å²) >= 11 is 0. The highest BCUT2D eigenvalue weighted by molar-refractivity contribution is 5.81. The number of para-hydroxylation sites is 2. The first kappa shape index (κ1) is 19.2. The summed E-state index contributed by atoms with van der Waals surface area (Å²) in [5, 5.41) is 3.06. The van der Waals surface area contributed by atoms with Gasteiger partial charge in [0.05, 0.1) is 18.8 Å². The van der Waals surface area contributed by atoms with Crippen LogP contribution in [0.3, 0.4) is 0 Å². The molecule has 1 aliphatic rings. The maximum Gasteiger partial charge on any atom is 0.237 e. The van der Waals surface area contributed by atoms with Crippen LogP contribution in [-0.4, -0.2) is 50.1 Å². The zero-order valence-electron chi connectivity index (χ0n) is 16.4. The molecule has 0 aromatic heterocycles. The van der Waals surface area contributed by atoms with Crippen molar-refractivity contribution in [3.63, 3.8) is 0 Å². The van der Waals surface area contributed by atoms with E-state index in [2.05, 4.69) is 52.4 Å². The fourth-order valence-electron chi connectivity index (χ4n) is 3.45. The van der Waals surface area contributed by atoms with Gasteiger partial charge in [-0.2, -0.15) is 0 Å². The van der Waals surface area contributed by atoms with Gasteiger partial charge in [0.2, 0.25) is 5.91 Å². The fraction of sp³-hybridized carbons (Fsp3) is 0.409. The van der Waals surface area contributed by atoms with Crippen LogP contribution in [0.25, 0.3) is 0 Å². The van der Waals surface area contributed by atoms with Gasteiger partial charge in [-0.25, -0.2) is 0 Å². The van der Waals surface area contributed by atoms with E-state index in [1.807, 2.05) is 25.1 Å². The minimum Gasteiger partial charge on any atom is -0.495 e. The number of carbonyl (C=O) groups excluding carboxylic acids is 1. The molecule has 0 unspecified atom stereocenters. The number of rotatable bonds is 6. The van der Waals surface area contributed by atoms with Crippen LogP contribution >= 0.6 is 0 Å². The minimum atomic E-state index is -0.129. The molecule has 2 aromatic rings. The molecule has 144 valence electrons. The number of anilines is 1. The minimum absolute atomic E-state index is 0.0846. The lowest BCUT2D eigenvalue weighted by molar-refractivity contribution is -0.126. The van der Waals surface area contributed by atoms with Gasteiger partial charge in [0.15, 0.2) is 0 Å². The topological polar surface area (TPSA) is 44.8 Å². The summed E-state index contributed by atoms with van der Waals surface area (Å²) < 4.78 is 5.47. The van der Waals surface area contributed by atoms with Gasteiger partial charge in [0, 0.05) is 32.7 Å². The van der Waals surface area contributed by atoms with E-state index in [4.69, 9.17) is 4.74 Å². The molecule has 1 amide bonds. The maximum absolute atomic E-state index is 12.5. The fourth-order valence-corrected chi connectivity index (χ4v) is 3.45. The first-order chi connectivity index (χ1) is 13.1. The first-order valence-electron chi connectivity index (χ1n) is 9.54. The number of nitrogens with one attached hydrogen (secondary N) is 1. The summed E-state index contributed by atoms with van der Waals surface area (Å²) in [6, 6.07) is 16.2. The van der Waals surface area contributed by atoms with Crippen molar-refractivity contribution >= 4 is 11.6 Å². The number of amides is 1. The van der Waals surface area contributed by atoms with Crippen LogP contribution in [0.4, 0.5) is 5.69 Å². The Morgan fingerprint density at radius 3 is 2.41 bits per heavy atom. The Morgan fingerprint density at radius 1 is 1.07 bits per heavy atom. The number of piperazine rings is 1. The van der Waals surface area contributed by atoms with Gasteiger partial charge < -0.3 is 15.0 Å².